The second-order valence-corrected chi connectivity index (χ2v) is 15.5. The molecule has 0 saturated carbocycles. The summed E-state index contributed by atoms with van der Waals surface area (Å²) >= 11 is 3.58. The van der Waals surface area contributed by atoms with Crippen LogP contribution < -0.4 is 25.6 Å². The van der Waals surface area contributed by atoms with Gasteiger partial charge in [0.2, 0.25) is 5.95 Å². The molecule has 0 bridgehead atoms. The molecule has 2 N–H and O–H groups in total. The molecule has 4 heterocycles. The molecule has 1 aliphatic heterocycles. The first-order valence-corrected chi connectivity index (χ1v) is 18.0. The third-order valence-corrected chi connectivity index (χ3v) is 9.90. The highest BCUT2D eigenvalue weighted by Crippen LogP contribution is 2.42. The van der Waals surface area contributed by atoms with Crippen LogP contribution in [0.15, 0.2) is 59.7 Å². The van der Waals surface area contributed by atoms with Crippen LogP contribution in [0.1, 0.15) is 6.42 Å². The van der Waals surface area contributed by atoms with Gasteiger partial charge in [0.15, 0.2) is 0 Å². The van der Waals surface area contributed by atoms with Gasteiger partial charge in [-0.1, -0.05) is 0 Å². The van der Waals surface area contributed by atoms with Crippen molar-refractivity contribution in [2.24, 2.45) is 7.05 Å². The van der Waals surface area contributed by atoms with Crippen molar-refractivity contribution in [3.05, 3.63) is 59.7 Å². The minimum absolute atomic E-state index is 0.360. The summed E-state index contributed by atoms with van der Waals surface area (Å²) in [7, 11) is 2.99. The van der Waals surface area contributed by atoms with Crippen LogP contribution in [-0.4, -0.2) is 88.3 Å². The number of benzene rings is 2. The summed E-state index contributed by atoms with van der Waals surface area (Å²) in [5.74, 6) is 1.53. The molecule has 6 rings (SSSR count). The summed E-state index contributed by atoms with van der Waals surface area (Å²) in [6.45, 7) is 7.36. The van der Waals surface area contributed by atoms with Crippen molar-refractivity contribution in [2.45, 2.75) is 6.42 Å². The average molecular weight is 692 g/mol. The van der Waals surface area contributed by atoms with E-state index < -0.39 is 7.14 Å². The molecular formula is C31H36BrN10O2P. The summed E-state index contributed by atoms with van der Waals surface area (Å²) in [6.07, 6.45) is 9.88. The zero-order chi connectivity index (χ0) is 31.7. The van der Waals surface area contributed by atoms with Gasteiger partial charge in [0.25, 0.3) is 0 Å². The van der Waals surface area contributed by atoms with E-state index >= 15 is 0 Å². The SMILES string of the molecule is COc1cc(N2CCCN(C)CC2)c(-c2cnn(C)c2)cc1Nc1ncc(Br)c(Nc2ccc3nccnc3c2P(C)(C)=O)n1. The van der Waals surface area contributed by atoms with E-state index in [9.17, 15) is 4.57 Å². The van der Waals surface area contributed by atoms with Crippen molar-refractivity contribution in [2.75, 3.05) is 69.2 Å². The van der Waals surface area contributed by atoms with Gasteiger partial charge >= 0.3 is 0 Å². The molecule has 234 valence electrons. The molecule has 0 aliphatic carbocycles. The van der Waals surface area contributed by atoms with E-state index in [4.69, 9.17) is 9.72 Å². The monoisotopic (exact) mass is 690 g/mol. The first kappa shape index (κ1) is 30.9. The standard InChI is InChI=1S/C31H36BrN10O2P/c1-40-11-6-12-42(14-13-40)26-16-27(44-3)25(15-21(26)20-17-36-41(2)19-20)38-31-35-18-22(32)30(39-31)37-24-8-7-23-28(34-10-9-33-23)29(24)45(4,5)43/h7-10,15-19H,6,11-14H2,1-5H3,(H2,35,37,38,39). The Hall–Kier alpha value is -4.06. The van der Waals surface area contributed by atoms with Crippen LogP contribution in [0, 0.1) is 0 Å². The van der Waals surface area contributed by atoms with E-state index in [1.54, 1.807) is 43.7 Å². The lowest BCUT2D eigenvalue weighted by Gasteiger charge is -2.27. The Morgan fingerprint density at radius 3 is 2.53 bits per heavy atom. The lowest BCUT2D eigenvalue weighted by molar-refractivity contribution is 0.360. The second-order valence-electron chi connectivity index (χ2n) is 11.5. The van der Waals surface area contributed by atoms with Crippen molar-refractivity contribution in [3.8, 4) is 16.9 Å². The van der Waals surface area contributed by atoms with Gasteiger partial charge in [0, 0.05) is 74.3 Å². The van der Waals surface area contributed by atoms with E-state index in [0.29, 0.717) is 49.7 Å². The molecule has 1 aliphatic rings. The van der Waals surface area contributed by atoms with E-state index in [2.05, 4.69) is 75.6 Å². The lowest BCUT2D eigenvalue weighted by Crippen LogP contribution is -2.29. The van der Waals surface area contributed by atoms with Crippen LogP contribution in [0.2, 0.25) is 0 Å². The molecule has 0 spiro atoms. The average Bonchev–Trinajstić information content (AvgIpc) is 3.33. The fraction of sp³-hybridized carbons (Fsp3) is 0.323. The number of hydrogen-bond acceptors (Lipinski definition) is 11. The molecule has 0 atom stereocenters. The highest BCUT2D eigenvalue weighted by Gasteiger charge is 2.24. The zero-order valence-corrected chi connectivity index (χ0v) is 28.4. The number of hydrogen-bond donors (Lipinski definition) is 2. The maximum absolute atomic E-state index is 13.4. The third kappa shape index (κ3) is 6.66. The number of ether oxygens (including phenoxy) is 1. The van der Waals surface area contributed by atoms with E-state index in [0.717, 1.165) is 49.4 Å². The van der Waals surface area contributed by atoms with Gasteiger partial charge in [-0.2, -0.15) is 10.1 Å². The van der Waals surface area contributed by atoms with Crippen molar-refractivity contribution in [1.82, 2.24) is 34.6 Å². The van der Waals surface area contributed by atoms with Gasteiger partial charge < -0.3 is 29.7 Å². The Morgan fingerprint density at radius 2 is 1.78 bits per heavy atom. The maximum Gasteiger partial charge on any atom is 0.229 e. The quantitative estimate of drug-likeness (QED) is 0.201. The smallest absolute Gasteiger partial charge is 0.229 e. The van der Waals surface area contributed by atoms with Gasteiger partial charge in [0.05, 0.1) is 40.0 Å². The molecule has 5 aromatic rings. The van der Waals surface area contributed by atoms with Crippen molar-refractivity contribution in [1.29, 1.82) is 0 Å². The van der Waals surface area contributed by atoms with Crippen molar-refractivity contribution >= 4 is 68.2 Å². The van der Waals surface area contributed by atoms with Crippen LogP contribution in [0.5, 0.6) is 5.75 Å². The molecular weight excluding hydrogens is 655 g/mol. The zero-order valence-electron chi connectivity index (χ0n) is 26.0. The summed E-state index contributed by atoms with van der Waals surface area (Å²) in [6, 6.07) is 7.86. The number of aryl methyl sites for hydroxylation is 1. The Kier molecular flexibility index (Phi) is 8.76. The van der Waals surface area contributed by atoms with E-state index in [1.165, 1.54) is 0 Å². The highest BCUT2D eigenvalue weighted by atomic mass is 79.9. The molecule has 14 heteroatoms. The van der Waals surface area contributed by atoms with Gasteiger partial charge in [-0.3, -0.25) is 14.6 Å². The largest absolute Gasteiger partial charge is 0.494 e. The summed E-state index contributed by atoms with van der Waals surface area (Å²) in [5, 5.41) is 11.8. The fourth-order valence-electron chi connectivity index (χ4n) is 5.61. The topological polar surface area (TPSA) is 126 Å². The van der Waals surface area contributed by atoms with Crippen LogP contribution in [0.4, 0.5) is 28.8 Å². The number of aromatic nitrogens is 6. The number of nitrogens with one attached hydrogen (secondary N) is 2. The van der Waals surface area contributed by atoms with Crippen LogP contribution in [0.25, 0.3) is 22.2 Å². The molecule has 1 saturated heterocycles. The molecule has 0 unspecified atom stereocenters. The first-order chi connectivity index (χ1) is 21.6. The van der Waals surface area contributed by atoms with Gasteiger partial charge in [0.1, 0.15) is 24.2 Å². The third-order valence-electron chi connectivity index (χ3n) is 7.79. The summed E-state index contributed by atoms with van der Waals surface area (Å²) < 4.78 is 21.8. The number of fused-ring (bicyclic) bond motifs is 1. The number of likely N-dealkylation sites (N-methyl/N-ethyl adjacent to an activating group) is 1. The normalized spacial score (nSPS) is 14.4. The number of nitrogens with zero attached hydrogens (tertiary/aromatic N) is 8. The molecule has 1 fully saturated rings. The second kappa shape index (κ2) is 12.7. The summed E-state index contributed by atoms with van der Waals surface area (Å²) in [4.78, 5) is 23.0. The Bertz CT molecular complexity index is 1910. The Labute approximate surface area is 270 Å². The van der Waals surface area contributed by atoms with Crippen LogP contribution in [-0.2, 0) is 11.6 Å². The van der Waals surface area contributed by atoms with Crippen molar-refractivity contribution in [3.63, 3.8) is 0 Å². The number of anilines is 5. The van der Waals surface area contributed by atoms with Crippen LogP contribution in [0.3, 0.4) is 0 Å². The highest BCUT2D eigenvalue weighted by molar-refractivity contribution is 9.10. The van der Waals surface area contributed by atoms with E-state index in [-0.39, 0.29) is 0 Å². The first-order valence-electron chi connectivity index (χ1n) is 14.6. The predicted octanol–water partition coefficient (Wildman–Crippen LogP) is 5.47. The minimum Gasteiger partial charge on any atom is -0.494 e. The lowest BCUT2D eigenvalue weighted by atomic mass is 10.0. The molecule has 45 heavy (non-hydrogen) atoms. The molecule has 3 aromatic heterocycles. The number of rotatable bonds is 8. The molecule has 12 nitrogen and oxygen atoms in total. The minimum atomic E-state index is -2.76. The Morgan fingerprint density at radius 1 is 0.956 bits per heavy atom. The molecule has 0 radical (unpaired) electrons. The van der Waals surface area contributed by atoms with Crippen LogP contribution >= 0.6 is 23.1 Å². The van der Waals surface area contributed by atoms with Gasteiger partial charge in [-0.25, -0.2) is 4.98 Å². The van der Waals surface area contributed by atoms with Gasteiger partial charge in [-0.05, 0) is 67.5 Å². The maximum atomic E-state index is 13.4. The number of halogens is 1. The summed E-state index contributed by atoms with van der Waals surface area (Å²) in [5.41, 5.74) is 5.77. The Balaban J connectivity index is 1.38. The molecule has 0 amide bonds. The molecule has 2 aromatic carbocycles. The number of methoxy groups -OCH3 is 1. The fourth-order valence-corrected chi connectivity index (χ4v) is 7.29. The predicted molar refractivity (Wildman–Crippen MR) is 184 cm³/mol. The van der Waals surface area contributed by atoms with Gasteiger partial charge in [-0.15, -0.1) is 0 Å². The van der Waals surface area contributed by atoms with Crippen molar-refractivity contribution < 1.29 is 9.30 Å². The van der Waals surface area contributed by atoms with E-state index in [1.807, 2.05) is 31.6 Å².